The van der Waals surface area contributed by atoms with Crippen molar-refractivity contribution in [2.75, 3.05) is 21.3 Å². The first-order valence-corrected chi connectivity index (χ1v) is 10.1. The molecule has 1 unspecified atom stereocenters. The molecule has 0 fully saturated rings. The van der Waals surface area contributed by atoms with Gasteiger partial charge in [-0.05, 0) is 39.7 Å². The van der Waals surface area contributed by atoms with Gasteiger partial charge in [0.25, 0.3) is 0 Å². The van der Waals surface area contributed by atoms with Crippen molar-refractivity contribution < 1.29 is 28.5 Å². The van der Waals surface area contributed by atoms with Gasteiger partial charge in [0.05, 0.1) is 38.9 Å². The lowest BCUT2D eigenvalue weighted by atomic mass is 9.75. The van der Waals surface area contributed by atoms with Crippen molar-refractivity contribution in [1.29, 1.82) is 0 Å². The molecule has 162 valence electrons. The second kappa shape index (κ2) is 8.81. The topological polar surface area (TPSA) is 83.1 Å². The zero-order valence-electron chi connectivity index (χ0n) is 18.4. The first-order valence-electron chi connectivity index (χ1n) is 10.1. The molecule has 1 aromatic carbocycles. The lowest BCUT2D eigenvalue weighted by Crippen LogP contribution is -2.35. The van der Waals surface area contributed by atoms with Crippen LogP contribution in [-0.2, 0) is 14.3 Å². The summed E-state index contributed by atoms with van der Waals surface area (Å²) >= 11 is 0. The number of esters is 1. The average Bonchev–Trinajstić information content (AvgIpc) is 2.70. The number of methoxy groups -OCH3 is 3. The van der Waals surface area contributed by atoms with Gasteiger partial charge in [0, 0.05) is 29.0 Å². The monoisotopic (exact) mass is 415 g/mol. The van der Waals surface area contributed by atoms with Crippen LogP contribution in [0, 0.1) is 0 Å². The first-order chi connectivity index (χ1) is 14.3. The standard InChI is InChI=1S/C23H29NO6/c1-12(2)30-23(26)18-13(3)24-15-8-7-9-16(25)20(15)19(18)14-10-11-17(27-4)22(29-6)21(14)28-5/h10-12,19,24H,7-9H2,1-6H3. The number of allylic oxidation sites excluding steroid dienone is 3. The molecule has 30 heavy (non-hydrogen) atoms. The predicted octanol–water partition coefficient (Wildman–Crippen LogP) is 3.63. The summed E-state index contributed by atoms with van der Waals surface area (Å²) in [6, 6.07) is 3.58. The van der Waals surface area contributed by atoms with Crippen LogP contribution in [0.3, 0.4) is 0 Å². The van der Waals surface area contributed by atoms with Crippen molar-refractivity contribution in [1.82, 2.24) is 5.32 Å². The van der Waals surface area contributed by atoms with Gasteiger partial charge >= 0.3 is 5.97 Å². The molecule has 0 radical (unpaired) electrons. The first kappa shape index (κ1) is 21.7. The highest BCUT2D eigenvalue weighted by Gasteiger charge is 2.41. The largest absolute Gasteiger partial charge is 0.493 e. The molecule has 0 saturated carbocycles. The number of nitrogens with one attached hydrogen (secondary N) is 1. The molecular weight excluding hydrogens is 386 g/mol. The van der Waals surface area contributed by atoms with Crippen molar-refractivity contribution in [3.05, 3.63) is 40.2 Å². The highest BCUT2D eigenvalue weighted by molar-refractivity contribution is 6.04. The van der Waals surface area contributed by atoms with E-state index in [4.69, 9.17) is 18.9 Å². The molecule has 0 bridgehead atoms. The maximum atomic E-state index is 13.1. The Morgan fingerprint density at radius 1 is 1.07 bits per heavy atom. The number of Topliss-reactive ketones (excluding diaryl/α,β-unsaturated/α-hetero) is 1. The van der Waals surface area contributed by atoms with Crippen LogP contribution in [-0.4, -0.2) is 39.2 Å². The van der Waals surface area contributed by atoms with Gasteiger partial charge in [-0.15, -0.1) is 0 Å². The second-order valence-electron chi connectivity index (χ2n) is 7.64. The third-order valence-corrected chi connectivity index (χ3v) is 5.38. The van der Waals surface area contributed by atoms with E-state index in [1.165, 1.54) is 14.2 Å². The number of hydrogen-bond donors (Lipinski definition) is 1. The Bertz CT molecular complexity index is 928. The fourth-order valence-corrected chi connectivity index (χ4v) is 4.19. The van der Waals surface area contributed by atoms with E-state index < -0.39 is 11.9 Å². The van der Waals surface area contributed by atoms with Gasteiger partial charge < -0.3 is 24.3 Å². The maximum absolute atomic E-state index is 13.1. The number of dihydropyridines is 1. The molecule has 0 saturated heterocycles. The molecule has 3 rings (SSSR count). The summed E-state index contributed by atoms with van der Waals surface area (Å²) < 4.78 is 22.2. The van der Waals surface area contributed by atoms with E-state index in [0.717, 1.165) is 18.5 Å². The molecule has 7 nitrogen and oxygen atoms in total. The van der Waals surface area contributed by atoms with Crippen molar-refractivity contribution >= 4 is 11.8 Å². The second-order valence-corrected chi connectivity index (χ2v) is 7.64. The molecule has 1 aliphatic heterocycles. The van der Waals surface area contributed by atoms with Crippen molar-refractivity contribution in [3.8, 4) is 17.2 Å². The number of hydrogen-bond acceptors (Lipinski definition) is 7. The van der Waals surface area contributed by atoms with Crippen LogP contribution >= 0.6 is 0 Å². The molecule has 0 amide bonds. The van der Waals surface area contributed by atoms with Crippen molar-refractivity contribution in [2.45, 2.75) is 52.1 Å². The zero-order chi connectivity index (χ0) is 22.0. The fourth-order valence-electron chi connectivity index (χ4n) is 4.19. The van der Waals surface area contributed by atoms with Crippen LogP contribution in [0.1, 0.15) is 51.5 Å². The molecule has 1 aromatic rings. The lowest BCUT2D eigenvalue weighted by molar-refractivity contribution is -0.143. The van der Waals surface area contributed by atoms with Gasteiger partial charge in [-0.3, -0.25) is 4.79 Å². The summed E-state index contributed by atoms with van der Waals surface area (Å²) in [5, 5.41) is 3.28. The number of rotatable bonds is 6. The quantitative estimate of drug-likeness (QED) is 0.710. The smallest absolute Gasteiger partial charge is 0.337 e. The Morgan fingerprint density at radius 2 is 1.77 bits per heavy atom. The Kier molecular flexibility index (Phi) is 6.39. The Balaban J connectivity index is 2.27. The molecule has 1 N–H and O–H groups in total. The maximum Gasteiger partial charge on any atom is 0.337 e. The van der Waals surface area contributed by atoms with E-state index in [9.17, 15) is 9.59 Å². The van der Waals surface area contributed by atoms with Crippen LogP contribution in [0.4, 0.5) is 0 Å². The lowest BCUT2D eigenvalue weighted by Gasteiger charge is -2.35. The van der Waals surface area contributed by atoms with Crippen LogP contribution in [0.2, 0.25) is 0 Å². The van der Waals surface area contributed by atoms with Gasteiger partial charge in [0.15, 0.2) is 17.3 Å². The highest BCUT2D eigenvalue weighted by Crippen LogP contribution is 2.50. The Morgan fingerprint density at radius 3 is 2.37 bits per heavy atom. The summed E-state index contributed by atoms with van der Waals surface area (Å²) in [5.74, 6) is 0.292. The molecule has 1 aliphatic carbocycles. The number of carbonyl (C=O) groups is 2. The minimum atomic E-state index is -0.616. The SMILES string of the molecule is COc1ccc(C2C(C(=O)OC(C)C)=C(C)NC3=C2C(=O)CCC3)c(OC)c1OC. The number of ketones is 1. The van der Waals surface area contributed by atoms with Crippen LogP contribution in [0.15, 0.2) is 34.7 Å². The van der Waals surface area contributed by atoms with Crippen LogP contribution in [0.5, 0.6) is 17.2 Å². The minimum absolute atomic E-state index is 0.0212. The summed E-state index contributed by atoms with van der Waals surface area (Å²) in [4.78, 5) is 26.1. The van der Waals surface area contributed by atoms with E-state index in [2.05, 4.69) is 5.32 Å². The summed E-state index contributed by atoms with van der Waals surface area (Å²) in [5.41, 5.74) is 3.19. The van der Waals surface area contributed by atoms with E-state index in [0.29, 0.717) is 46.1 Å². The Labute approximate surface area is 177 Å². The molecular formula is C23H29NO6. The molecule has 0 aromatic heterocycles. The van der Waals surface area contributed by atoms with Gasteiger partial charge in [-0.25, -0.2) is 4.79 Å². The molecule has 7 heteroatoms. The molecule has 1 atom stereocenters. The van der Waals surface area contributed by atoms with Crippen LogP contribution < -0.4 is 19.5 Å². The number of ether oxygens (including phenoxy) is 4. The highest BCUT2D eigenvalue weighted by atomic mass is 16.5. The van der Waals surface area contributed by atoms with Gasteiger partial charge in [-0.2, -0.15) is 0 Å². The molecule has 1 heterocycles. The van der Waals surface area contributed by atoms with Crippen molar-refractivity contribution in [2.24, 2.45) is 0 Å². The number of carbonyl (C=O) groups excluding carboxylic acids is 2. The molecule has 2 aliphatic rings. The third kappa shape index (κ3) is 3.76. The van der Waals surface area contributed by atoms with Gasteiger partial charge in [0.1, 0.15) is 0 Å². The summed E-state index contributed by atoms with van der Waals surface area (Å²) in [6.07, 6.45) is 1.68. The zero-order valence-corrected chi connectivity index (χ0v) is 18.4. The van der Waals surface area contributed by atoms with E-state index in [1.807, 2.05) is 13.0 Å². The van der Waals surface area contributed by atoms with Crippen LogP contribution in [0.25, 0.3) is 0 Å². The Hall–Kier alpha value is -2.96. The number of benzene rings is 1. The third-order valence-electron chi connectivity index (χ3n) is 5.38. The normalized spacial score (nSPS) is 18.8. The van der Waals surface area contributed by atoms with Gasteiger partial charge in [0.2, 0.25) is 5.75 Å². The van der Waals surface area contributed by atoms with E-state index >= 15 is 0 Å². The van der Waals surface area contributed by atoms with Crippen molar-refractivity contribution in [3.63, 3.8) is 0 Å². The minimum Gasteiger partial charge on any atom is -0.493 e. The summed E-state index contributed by atoms with van der Waals surface area (Å²) in [6.45, 7) is 5.43. The van der Waals surface area contributed by atoms with E-state index in [-0.39, 0.29) is 11.9 Å². The fraction of sp³-hybridized carbons (Fsp3) is 0.478. The summed E-state index contributed by atoms with van der Waals surface area (Å²) in [7, 11) is 4.60. The van der Waals surface area contributed by atoms with E-state index in [1.54, 1.807) is 27.0 Å². The average molecular weight is 415 g/mol. The van der Waals surface area contributed by atoms with Gasteiger partial charge in [-0.1, -0.05) is 6.07 Å². The molecule has 0 spiro atoms. The predicted molar refractivity (Wildman–Crippen MR) is 112 cm³/mol.